The first kappa shape index (κ1) is 19.4. The maximum Gasteiger partial charge on any atom is 0.0104 e. The smallest absolute Gasteiger partial charge is 0.0104 e. The van der Waals surface area contributed by atoms with Crippen LogP contribution in [0.5, 0.6) is 0 Å². The van der Waals surface area contributed by atoms with E-state index in [1.54, 1.807) is 0 Å². The molecule has 0 aliphatic rings. The molecule has 2 rings (SSSR count). The molecule has 0 spiro atoms. The zero-order chi connectivity index (χ0) is 17.3. The number of aryl methyl sites for hydroxylation is 4. The van der Waals surface area contributed by atoms with Crippen LogP contribution in [-0.2, 0) is 10.8 Å². The Balaban J connectivity index is 0.000000220. The molecule has 0 saturated carbocycles. The molecule has 2 heterocycles. The van der Waals surface area contributed by atoms with Gasteiger partial charge in [0, 0.05) is 19.5 Å². The molecule has 0 aliphatic heterocycles. The van der Waals surface area contributed by atoms with E-state index < -0.39 is 0 Å². The van der Waals surface area contributed by atoms with E-state index in [1.807, 2.05) is 22.7 Å². The van der Waals surface area contributed by atoms with Crippen LogP contribution in [0.15, 0.2) is 12.1 Å². The number of thiophene rings is 2. The highest BCUT2D eigenvalue weighted by Gasteiger charge is 2.17. The van der Waals surface area contributed by atoms with Gasteiger partial charge in [-0.25, -0.2) is 0 Å². The molecule has 0 nitrogen and oxygen atoms in total. The van der Waals surface area contributed by atoms with Crippen molar-refractivity contribution < 1.29 is 0 Å². The Hall–Kier alpha value is -0.600. The van der Waals surface area contributed by atoms with E-state index in [9.17, 15) is 0 Å². The summed E-state index contributed by atoms with van der Waals surface area (Å²) in [6.07, 6.45) is 0. The first-order chi connectivity index (χ1) is 9.82. The van der Waals surface area contributed by atoms with E-state index >= 15 is 0 Å². The van der Waals surface area contributed by atoms with Crippen molar-refractivity contribution in [2.75, 3.05) is 0 Å². The fraction of sp³-hybridized carbons (Fsp3) is 0.600. The second-order valence-corrected chi connectivity index (χ2v) is 10.7. The highest BCUT2D eigenvalue weighted by molar-refractivity contribution is 7.12. The van der Waals surface area contributed by atoms with Crippen molar-refractivity contribution in [2.45, 2.75) is 80.1 Å². The summed E-state index contributed by atoms with van der Waals surface area (Å²) in [6.45, 7) is 22.3. The number of hydrogen-bond donors (Lipinski definition) is 0. The second-order valence-electron chi connectivity index (χ2n) is 8.20. The van der Waals surface area contributed by atoms with Gasteiger partial charge in [-0.3, -0.25) is 0 Å². The Kier molecular flexibility index (Phi) is 6.08. The Morgan fingerprint density at radius 1 is 0.591 bits per heavy atom. The van der Waals surface area contributed by atoms with E-state index in [4.69, 9.17) is 0 Å². The molecule has 2 aromatic heterocycles. The summed E-state index contributed by atoms with van der Waals surface area (Å²) >= 11 is 3.84. The molecule has 0 saturated heterocycles. The maximum absolute atomic E-state index is 2.31. The van der Waals surface area contributed by atoms with Gasteiger partial charge in [0.1, 0.15) is 0 Å². The second kappa shape index (κ2) is 6.88. The molecule has 0 unspecified atom stereocenters. The van der Waals surface area contributed by atoms with Crippen molar-refractivity contribution in [2.24, 2.45) is 0 Å². The number of rotatable bonds is 0. The predicted molar refractivity (Wildman–Crippen MR) is 105 cm³/mol. The standard InChI is InChI=1S/2C10H16S/c2*1-7-6-9(10(3,4)5)11-8(7)2/h2*6H,1-5H3. The average molecular weight is 337 g/mol. The van der Waals surface area contributed by atoms with Crippen molar-refractivity contribution in [1.29, 1.82) is 0 Å². The van der Waals surface area contributed by atoms with Crippen LogP contribution in [0.4, 0.5) is 0 Å². The van der Waals surface area contributed by atoms with Gasteiger partial charge in [-0.15, -0.1) is 22.7 Å². The Morgan fingerprint density at radius 2 is 0.864 bits per heavy atom. The van der Waals surface area contributed by atoms with Gasteiger partial charge in [-0.1, -0.05) is 41.5 Å². The van der Waals surface area contributed by atoms with Crippen LogP contribution in [0.1, 0.15) is 72.2 Å². The normalized spacial score (nSPS) is 12.1. The molecule has 0 aromatic carbocycles. The Morgan fingerprint density at radius 3 is 0.955 bits per heavy atom. The summed E-state index contributed by atoms with van der Waals surface area (Å²) in [4.78, 5) is 5.89. The lowest BCUT2D eigenvalue weighted by molar-refractivity contribution is 0.603. The summed E-state index contributed by atoms with van der Waals surface area (Å²) in [5.41, 5.74) is 3.51. The minimum atomic E-state index is 0.323. The Labute approximate surface area is 145 Å². The van der Waals surface area contributed by atoms with Gasteiger partial charge in [-0.05, 0) is 61.8 Å². The fourth-order valence-electron chi connectivity index (χ4n) is 1.89. The van der Waals surface area contributed by atoms with Crippen LogP contribution in [0.2, 0.25) is 0 Å². The van der Waals surface area contributed by atoms with Crippen LogP contribution in [-0.4, -0.2) is 0 Å². The van der Waals surface area contributed by atoms with E-state index in [2.05, 4.69) is 81.4 Å². The van der Waals surface area contributed by atoms with Crippen molar-refractivity contribution in [1.82, 2.24) is 0 Å². The maximum atomic E-state index is 2.31. The van der Waals surface area contributed by atoms with Gasteiger partial charge in [0.2, 0.25) is 0 Å². The summed E-state index contributed by atoms with van der Waals surface area (Å²) in [6, 6.07) is 4.61. The van der Waals surface area contributed by atoms with E-state index in [1.165, 1.54) is 30.6 Å². The molecule has 22 heavy (non-hydrogen) atoms. The average Bonchev–Trinajstić information content (AvgIpc) is 2.84. The molecule has 0 fully saturated rings. The lowest BCUT2D eigenvalue weighted by atomic mass is 9.94. The first-order valence-corrected chi connectivity index (χ1v) is 9.60. The fourth-order valence-corrected chi connectivity index (χ4v) is 4.07. The lowest BCUT2D eigenvalue weighted by Crippen LogP contribution is -2.07. The van der Waals surface area contributed by atoms with Crippen molar-refractivity contribution in [3.05, 3.63) is 42.8 Å². The van der Waals surface area contributed by atoms with E-state index in [0.29, 0.717) is 10.8 Å². The molecule has 2 aromatic rings. The molecule has 0 radical (unpaired) electrons. The first-order valence-electron chi connectivity index (χ1n) is 7.97. The number of hydrogen-bond acceptors (Lipinski definition) is 2. The highest BCUT2D eigenvalue weighted by atomic mass is 32.1. The minimum absolute atomic E-state index is 0.323. The summed E-state index contributed by atoms with van der Waals surface area (Å²) < 4.78 is 0. The van der Waals surface area contributed by atoms with E-state index in [-0.39, 0.29) is 0 Å². The molecule has 0 amide bonds. The van der Waals surface area contributed by atoms with Crippen LogP contribution >= 0.6 is 22.7 Å². The molecular formula is C20H32S2. The van der Waals surface area contributed by atoms with Gasteiger partial charge in [-0.2, -0.15) is 0 Å². The van der Waals surface area contributed by atoms with Crippen molar-refractivity contribution >= 4 is 22.7 Å². The van der Waals surface area contributed by atoms with Crippen molar-refractivity contribution in [3.63, 3.8) is 0 Å². The predicted octanol–water partition coefficient (Wildman–Crippen LogP) is 7.32. The molecule has 124 valence electrons. The minimum Gasteiger partial charge on any atom is -0.145 e. The van der Waals surface area contributed by atoms with Crippen LogP contribution < -0.4 is 0 Å². The van der Waals surface area contributed by atoms with Gasteiger partial charge >= 0.3 is 0 Å². The summed E-state index contributed by atoms with van der Waals surface area (Å²) in [5.74, 6) is 0. The third-order valence-corrected chi connectivity index (χ3v) is 6.97. The zero-order valence-electron chi connectivity index (χ0n) is 16.0. The van der Waals surface area contributed by atoms with Crippen LogP contribution in [0.3, 0.4) is 0 Å². The molecule has 0 atom stereocenters. The lowest BCUT2D eigenvalue weighted by Gasteiger charge is -2.15. The van der Waals surface area contributed by atoms with E-state index in [0.717, 1.165) is 0 Å². The third kappa shape index (κ3) is 5.24. The third-order valence-electron chi connectivity index (χ3n) is 3.81. The monoisotopic (exact) mass is 336 g/mol. The van der Waals surface area contributed by atoms with Crippen LogP contribution in [0, 0.1) is 27.7 Å². The largest absolute Gasteiger partial charge is 0.145 e. The van der Waals surface area contributed by atoms with Gasteiger partial charge in [0.25, 0.3) is 0 Å². The SMILES string of the molecule is Cc1cc(C(C)(C)C)sc1C.Cc1cc(C(C)(C)C)sc1C. The summed E-state index contributed by atoms with van der Waals surface area (Å²) in [5, 5.41) is 0. The van der Waals surface area contributed by atoms with Gasteiger partial charge < -0.3 is 0 Å². The summed E-state index contributed by atoms with van der Waals surface area (Å²) in [7, 11) is 0. The van der Waals surface area contributed by atoms with Gasteiger partial charge in [0.05, 0.1) is 0 Å². The molecule has 2 heteroatoms. The molecular weight excluding hydrogens is 304 g/mol. The Bertz CT molecular complexity index is 518. The highest BCUT2D eigenvalue weighted by Crippen LogP contribution is 2.32. The molecule has 0 aliphatic carbocycles. The molecule has 0 bridgehead atoms. The topological polar surface area (TPSA) is 0 Å². The zero-order valence-corrected chi connectivity index (χ0v) is 17.6. The van der Waals surface area contributed by atoms with Gasteiger partial charge in [0.15, 0.2) is 0 Å². The quantitative estimate of drug-likeness (QED) is 0.472. The van der Waals surface area contributed by atoms with Crippen molar-refractivity contribution in [3.8, 4) is 0 Å². The molecule has 0 N–H and O–H groups in total. The van der Waals surface area contributed by atoms with Crippen LogP contribution in [0.25, 0.3) is 0 Å².